The summed E-state index contributed by atoms with van der Waals surface area (Å²) in [6.45, 7) is 1.02. The van der Waals surface area contributed by atoms with Crippen LogP contribution in [0.3, 0.4) is 0 Å². The van der Waals surface area contributed by atoms with E-state index in [0.717, 1.165) is 48.3 Å². The molecule has 30 heavy (non-hydrogen) atoms. The molecule has 0 bridgehead atoms. The third-order valence-electron chi connectivity index (χ3n) is 5.64. The monoisotopic (exact) mass is 459 g/mol. The summed E-state index contributed by atoms with van der Waals surface area (Å²) in [7, 11) is -3.64. The van der Waals surface area contributed by atoms with Gasteiger partial charge in [0.25, 0.3) is 5.91 Å². The number of nitrogens with one attached hydrogen (secondary N) is 1. The molecule has 1 aliphatic heterocycles. The van der Waals surface area contributed by atoms with Gasteiger partial charge in [-0.25, -0.2) is 13.4 Å². The van der Waals surface area contributed by atoms with Gasteiger partial charge >= 0.3 is 0 Å². The van der Waals surface area contributed by atoms with E-state index < -0.39 is 15.9 Å². The Morgan fingerprint density at radius 2 is 1.83 bits per heavy atom. The van der Waals surface area contributed by atoms with Crippen molar-refractivity contribution in [3.05, 3.63) is 51.0 Å². The fraction of sp³-hybridized carbons (Fsp3) is 0.333. The highest BCUT2D eigenvalue weighted by molar-refractivity contribution is 7.89. The van der Waals surface area contributed by atoms with Crippen molar-refractivity contribution in [1.29, 1.82) is 0 Å². The lowest BCUT2D eigenvalue weighted by Crippen LogP contribution is -2.29. The summed E-state index contributed by atoms with van der Waals surface area (Å²) in [5, 5.41) is 6.82. The number of carbonyl (C=O) groups excluding carboxylic acids is 1. The highest BCUT2D eigenvalue weighted by atomic mass is 32.2. The smallest absolute Gasteiger partial charge is 0.268 e. The highest BCUT2D eigenvalue weighted by Crippen LogP contribution is 2.32. The van der Waals surface area contributed by atoms with Gasteiger partial charge in [-0.3, -0.25) is 10.1 Å². The number of sulfonamides is 1. The molecule has 3 heterocycles. The Kier molecular flexibility index (Phi) is 5.22. The fourth-order valence-electron chi connectivity index (χ4n) is 4.08. The molecule has 0 saturated carbocycles. The molecular weight excluding hydrogens is 438 g/mol. The summed E-state index contributed by atoms with van der Waals surface area (Å²) in [6.07, 6.45) is 5.15. The molecule has 3 aromatic rings. The molecule has 2 aliphatic rings. The Labute approximate surface area is 183 Å². The fourth-order valence-corrected chi connectivity index (χ4v) is 7.61. The maximum absolute atomic E-state index is 12.9. The number of aryl methyl sites for hydroxylation is 2. The minimum Gasteiger partial charge on any atom is -0.297 e. The molecule has 0 unspecified atom stereocenters. The molecule has 9 heteroatoms. The van der Waals surface area contributed by atoms with Crippen LogP contribution < -0.4 is 5.32 Å². The molecule has 6 nitrogen and oxygen atoms in total. The van der Waals surface area contributed by atoms with E-state index in [1.807, 2.05) is 5.38 Å². The van der Waals surface area contributed by atoms with Crippen LogP contribution in [0.1, 0.15) is 40.1 Å². The number of rotatable bonds is 5. The number of amides is 1. The summed E-state index contributed by atoms with van der Waals surface area (Å²) >= 11 is 2.48. The van der Waals surface area contributed by atoms with Crippen LogP contribution in [-0.2, 0) is 22.9 Å². The zero-order valence-corrected chi connectivity index (χ0v) is 18.7. The number of thiazole rings is 1. The van der Waals surface area contributed by atoms with Crippen LogP contribution in [0.5, 0.6) is 0 Å². The van der Waals surface area contributed by atoms with Crippen molar-refractivity contribution in [1.82, 2.24) is 9.29 Å². The number of thiophene rings is 1. The maximum atomic E-state index is 12.9. The maximum Gasteiger partial charge on any atom is 0.268 e. The molecule has 1 aromatic carbocycles. The third-order valence-corrected chi connectivity index (χ3v) is 9.38. The van der Waals surface area contributed by atoms with E-state index in [1.54, 1.807) is 5.38 Å². The molecule has 1 amide bonds. The highest BCUT2D eigenvalue weighted by Gasteiger charge is 2.32. The van der Waals surface area contributed by atoms with Gasteiger partial charge < -0.3 is 0 Å². The molecule has 0 radical (unpaired) electrons. The topological polar surface area (TPSA) is 79.4 Å². The molecule has 1 fully saturated rings. The first-order valence-corrected chi connectivity index (χ1v) is 13.2. The number of nitrogens with zero attached hydrogens (tertiary/aromatic N) is 2. The SMILES string of the molecule is O=C(Nc1nc(-c2ccc3c(c2)CCC3)cs1)c1sccc1S(=O)(=O)N1CCCC1. The van der Waals surface area contributed by atoms with E-state index in [0.29, 0.717) is 18.2 Å². The molecule has 1 N–H and O–H groups in total. The van der Waals surface area contributed by atoms with E-state index in [9.17, 15) is 13.2 Å². The lowest BCUT2D eigenvalue weighted by molar-refractivity contribution is 0.102. The standard InChI is InChI=1S/C21H21N3O3S3/c25-20(19-18(8-11-28-19)30(26,27)24-9-1-2-10-24)23-21-22-17(13-29-21)16-7-6-14-4-3-5-15(14)12-16/h6-8,11-13H,1-5,9-10H2,(H,22,23,25). The number of benzene rings is 1. The van der Waals surface area contributed by atoms with Gasteiger partial charge in [0.2, 0.25) is 10.0 Å². The Morgan fingerprint density at radius 3 is 2.67 bits per heavy atom. The zero-order valence-electron chi connectivity index (χ0n) is 16.3. The van der Waals surface area contributed by atoms with Crippen molar-refractivity contribution >= 4 is 43.7 Å². The van der Waals surface area contributed by atoms with Crippen molar-refractivity contribution in [2.45, 2.75) is 37.0 Å². The van der Waals surface area contributed by atoms with Crippen molar-refractivity contribution in [2.75, 3.05) is 18.4 Å². The normalized spacial score (nSPS) is 16.7. The summed E-state index contributed by atoms with van der Waals surface area (Å²) in [4.78, 5) is 17.7. The van der Waals surface area contributed by atoms with Crippen LogP contribution in [-0.4, -0.2) is 36.7 Å². The van der Waals surface area contributed by atoms with Crippen molar-refractivity contribution in [3.63, 3.8) is 0 Å². The van der Waals surface area contributed by atoms with Gasteiger partial charge in [0.1, 0.15) is 9.77 Å². The van der Waals surface area contributed by atoms with E-state index in [2.05, 4.69) is 28.5 Å². The summed E-state index contributed by atoms with van der Waals surface area (Å²) < 4.78 is 27.2. The van der Waals surface area contributed by atoms with Crippen molar-refractivity contribution < 1.29 is 13.2 Å². The Morgan fingerprint density at radius 1 is 1.03 bits per heavy atom. The minimum atomic E-state index is -3.64. The first kappa shape index (κ1) is 19.9. The third kappa shape index (κ3) is 3.60. The second kappa shape index (κ2) is 7.88. The number of carbonyl (C=O) groups is 1. The molecule has 156 valence electrons. The average molecular weight is 460 g/mol. The van der Waals surface area contributed by atoms with Crippen LogP contribution in [0.4, 0.5) is 5.13 Å². The number of anilines is 1. The number of aromatic nitrogens is 1. The van der Waals surface area contributed by atoms with Crippen LogP contribution in [0, 0.1) is 0 Å². The van der Waals surface area contributed by atoms with Crippen LogP contribution >= 0.6 is 22.7 Å². The molecule has 2 aromatic heterocycles. The molecule has 0 spiro atoms. The van der Waals surface area contributed by atoms with Gasteiger partial charge in [0.05, 0.1) is 5.69 Å². The number of hydrogen-bond acceptors (Lipinski definition) is 6. The Hall–Kier alpha value is -2.07. The van der Waals surface area contributed by atoms with E-state index in [1.165, 1.54) is 39.3 Å². The van der Waals surface area contributed by atoms with E-state index >= 15 is 0 Å². The predicted octanol–water partition coefficient (Wildman–Crippen LogP) is 4.40. The van der Waals surface area contributed by atoms with Gasteiger partial charge in [-0.1, -0.05) is 12.1 Å². The largest absolute Gasteiger partial charge is 0.297 e. The first-order chi connectivity index (χ1) is 14.5. The lowest BCUT2D eigenvalue weighted by Gasteiger charge is -2.15. The molecular formula is C21H21N3O3S3. The molecule has 1 saturated heterocycles. The summed E-state index contributed by atoms with van der Waals surface area (Å²) in [6, 6.07) is 7.94. The van der Waals surface area contributed by atoms with Crippen molar-refractivity contribution in [2.24, 2.45) is 0 Å². The predicted molar refractivity (Wildman–Crippen MR) is 120 cm³/mol. The van der Waals surface area contributed by atoms with Gasteiger partial charge in [-0.05, 0) is 60.7 Å². The Balaban J connectivity index is 1.36. The van der Waals surface area contributed by atoms with Gasteiger partial charge in [0, 0.05) is 24.0 Å². The Bertz CT molecular complexity index is 1210. The minimum absolute atomic E-state index is 0.0855. The van der Waals surface area contributed by atoms with Gasteiger partial charge in [-0.15, -0.1) is 22.7 Å². The van der Waals surface area contributed by atoms with Gasteiger partial charge in [-0.2, -0.15) is 4.31 Å². The van der Waals surface area contributed by atoms with E-state index in [4.69, 9.17) is 0 Å². The van der Waals surface area contributed by atoms with Crippen LogP contribution in [0.15, 0.2) is 39.9 Å². The van der Waals surface area contributed by atoms with Crippen molar-refractivity contribution in [3.8, 4) is 11.3 Å². The van der Waals surface area contributed by atoms with Gasteiger partial charge in [0.15, 0.2) is 5.13 Å². The number of fused-ring (bicyclic) bond motifs is 1. The summed E-state index contributed by atoms with van der Waals surface area (Å²) in [5.74, 6) is -0.433. The molecule has 0 atom stereocenters. The van der Waals surface area contributed by atoms with E-state index in [-0.39, 0.29) is 9.77 Å². The lowest BCUT2D eigenvalue weighted by atomic mass is 10.1. The van der Waals surface area contributed by atoms with Crippen LogP contribution in [0.25, 0.3) is 11.3 Å². The molecule has 1 aliphatic carbocycles. The average Bonchev–Trinajstić information content (AvgIpc) is 3.54. The summed E-state index contributed by atoms with van der Waals surface area (Å²) in [5.41, 5.74) is 4.65. The quantitative estimate of drug-likeness (QED) is 0.613. The first-order valence-electron chi connectivity index (χ1n) is 9.99. The zero-order chi connectivity index (χ0) is 20.7. The second-order valence-corrected chi connectivity index (χ2v) is 11.2. The van der Waals surface area contributed by atoms with Crippen LogP contribution in [0.2, 0.25) is 0 Å². The number of hydrogen-bond donors (Lipinski definition) is 1. The molecule has 5 rings (SSSR count). The second-order valence-electron chi connectivity index (χ2n) is 7.55.